The molecular formula is C23H23N3O5. The minimum Gasteiger partial charge on any atom is -0.454 e. The molecule has 8 heteroatoms. The van der Waals surface area contributed by atoms with Crippen LogP contribution in [0.2, 0.25) is 0 Å². The lowest BCUT2D eigenvalue weighted by molar-refractivity contribution is -0.150. The van der Waals surface area contributed by atoms with Gasteiger partial charge in [0.25, 0.3) is 5.91 Å². The van der Waals surface area contributed by atoms with Crippen molar-refractivity contribution in [3.63, 3.8) is 0 Å². The SMILES string of the molecule is CC(OC(=O)/C(C#N)=C/c1ccc(N(C)C)cc1)C(=O)NCc1ccc2c(c1)OCO2. The van der Waals surface area contributed by atoms with E-state index in [4.69, 9.17) is 14.2 Å². The zero-order valence-electron chi connectivity index (χ0n) is 17.5. The molecule has 0 spiro atoms. The second-order valence-electron chi connectivity index (χ2n) is 7.11. The second-order valence-corrected chi connectivity index (χ2v) is 7.11. The lowest BCUT2D eigenvalue weighted by Crippen LogP contribution is -2.35. The second kappa shape index (κ2) is 9.67. The molecule has 1 N–H and O–H groups in total. The maximum absolute atomic E-state index is 12.3. The molecule has 1 amide bonds. The van der Waals surface area contributed by atoms with Crippen LogP contribution in [0.25, 0.3) is 6.08 Å². The molecule has 0 saturated heterocycles. The number of carbonyl (C=O) groups excluding carboxylic acids is 2. The van der Waals surface area contributed by atoms with Crippen molar-refractivity contribution in [2.75, 3.05) is 25.8 Å². The Morgan fingerprint density at radius 2 is 1.90 bits per heavy atom. The van der Waals surface area contributed by atoms with Crippen molar-refractivity contribution < 1.29 is 23.8 Å². The molecule has 0 fully saturated rings. The van der Waals surface area contributed by atoms with Crippen molar-refractivity contribution >= 4 is 23.6 Å². The summed E-state index contributed by atoms with van der Waals surface area (Å²) in [6, 6.07) is 14.5. The Labute approximate surface area is 180 Å². The van der Waals surface area contributed by atoms with Crippen LogP contribution < -0.4 is 19.7 Å². The molecule has 1 atom stereocenters. The Morgan fingerprint density at radius 3 is 2.58 bits per heavy atom. The smallest absolute Gasteiger partial charge is 0.349 e. The normalized spacial score (nSPS) is 13.2. The Morgan fingerprint density at radius 1 is 1.19 bits per heavy atom. The topological polar surface area (TPSA) is 101 Å². The van der Waals surface area contributed by atoms with Gasteiger partial charge in [0.1, 0.15) is 11.6 Å². The highest BCUT2D eigenvalue weighted by molar-refractivity contribution is 5.99. The Hall–Kier alpha value is -3.99. The molecule has 0 aliphatic carbocycles. The Kier molecular flexibility index (Phi) is 6.78. The highest BCUT2D eigenvalue weighted by Gasteiger charge is 2.21. The molecule has 1 unspecified atom stereocenters. The van der Waals surface area contributed by atoms with E-state index >= 15 is 0 Å². The van der Waals surface area contributed by atoms with Gasteiger partial charge in [0.2, 0.25) is 6.79 Å². The summed E-state index contributed by atoms with van der Waals surface area (Å²) in [6.07, 6.45) is 0.369. The van der Waals surface area contributed by atoms with Crippen LogP contribution in [0.1, 0.15) is 18.1 Å². The largest absolute Gasteiger partial charge is 0.454 e. The van der Waals surface area contributed by atoms with Gasteiger partial charge in [-0.2, -0.15) is 5.26 Å². The summed E-state index contributed by atoms with van der Waals surface area (Å²) >= 11 is 0. The van der Waals surface area contributed by atoms with Gasteiger partial charge in [0.05, 0.1) is 0 Å². The Bertz CT molecular complexity index is 1040. The lowest BCUT2D eigenvalue weighted by atomic mass is 10.1. The van der Waals surface area contributed by atoms with E-state index in [1.54, 1.807) is 24.3 Å². The number of nitrogens with zero attached hydrogens (tertiary/aromatic N) is 2. The van der Waals surface area contributed by atoms with Gasteiger partial charge in [-0.25, -0.2) is 4.79 Å². The fraction of sp³-hybridized carbons (Fsp3) is 0.261. The van der Waals surface area contributed by atoms with Crippen LogP contribution in [-0.2, 0) is 20.9 Å². The van der Waals surface area contributed by atoms with Crippen molar-refractivity contribution in [1.82, 2.24) is 5.32 Å². The molecule has 0 radical (unpaired) electrons. The number of benzene rings is 2. The van der Waals surface area contributed by atoms with E-state index in [0.717, 1.165) is 11.3 Å². The number of ether oxygens (including phenoxy) is 3. The molecule has 3 rings (SSSR count). The molecule has 0 saturated carbocycles. The lowest BCUT2D eigenvalue weighted by Gasteiger charge is -2.14. The third-order valence-corrected chi connectivity index (χ3v) is 4.62. The zero-order valence-corrected chi connectivity index (χ0v) is 17.5. The highest BCUT2D eigenvalue weighted by atomic mass is 16.7. The predicted octanol–water partition coefficient (Wildman–Crippen LogP) is 2.64. The number of hydrogen-bond donors (Lipinski definition) is 1. The summed E-state index contributed by atoms with van der Waals surface area (Å²) in [4.78, 5) is 26.6. The molecule has 8 nitrogen and oxygen atoms in total. The van der Waals surface area contributed by atoms with Crippen molar-refractivity contribution in [2.24, 2.45) is 0 Å². The van der Waals surface area contributed by atoms with Gasteiger partial charge in [0.15, 0.2) is 17.6 Å². The number of anilines is 1. The van der Waals surface area contributed by atoms with E-state index in [9.17, 15) is 14.9 Å². The summed E-state index contributed by atoms with van der Waals surface area (Å²) in [5.74, 6) is -0.0539. The van der Waals surface area contributed by atoms with Crippen LogP contribution in [0, 0.1) is 11.3 Å². The maximum atomic E-state index is 12.3. The van der Waals surface area contributed by atoms with Gasteiger partial charge in [-0.15, -0.1) is 0 Å². The number of nitriles is 1. The van der Waals surface area contributed by atoms with Crippen LogP contribution in [0.4, 0.5) is 5.69 Å². The van der Waals surface area contributed by atoms with E-state index in [0.29, 0.717) is 17.1 Å². The Balaban J connectivity index is 1.56. The summed E-state index contributed by atoms with van der Waals surface area (Å²) in [6.45, 7) is 1.86. The van der Waals surface area contributed by atoms with E-state index in [1.807, 2.05) is 43.3 Å². The first-order valence-electron chi connectivity index (χ1n) is 9.64. The van der Waals surface area contributed by atoms with Gasteiger partial charge in [-0.05, 0) is 48.4 Å². The first kappa shape index (κ1) is 21.7. The number of hydrogen-bond acceptors (Lipinski definition) is 7. The van der Waals surface area contributed by atoms with Gasteiger partial charge in [-0.1, -0.05) is 18.2 Å². The van der Waals surface area contributed by atoms with Crippen LogP contribution in [0.5, 0.6) is 11.5 Å². The third kappa shape index (κ3) is 5.54. The fourth-order valence-corrected chi connectivity index (χ4v) is 2.83. The van der Waals surface area contributed by atoms with Crippen LogP contribution in [0.3, 0.4) is 0 Å². The summed E-state index contributed by atoms with van der Waals surface area (Å²) in [7, 11) is 3.84. The molecule has 0 aromatic heterocycles. The van der Waals surface area contributed by atoms with E-state index in [1.165, 1.54) is 13.0 Å². The maximum Gasteiger partial charge on any atom is 0.349 e. The van der Waals surface area contributed by atoms with E-state index in [2.05, 4.69) is 5.32 Å². The monoisotopic (exact) mass is 421 g/mol. The van der Waals surface area contributed by atoms with Gasteiger partial charge >= 0.3 is 5.97 Å². The van der Waals surface area contributed by atoms with Gasteiger partial charge < -0.3 is 24.4 Å². The predicted molar refractivity (Wildman–Crippen MR) is 114 cm³/mol. The standard InChI is InChI=1S/C23H23N3O5/c1-15(22(27)25-13-17-6-9-20-21(11-17)30-14-29-20)31-23(28)18(12-24)10-16-4-7-19(8-5-16)26(2)3/h4-11,15H,13-14H2,1-3H3,(H,25,27)/b18-10+. The summed E-state index contributed by atoms with van der Waals surface area (Å²) < 4.78 is 15.7. The van der Waals surface area contributed by atoms with Crippen LogP contribution >= 0.6 is 0 Å². The van der Waals surface area contributed by atoms with E-state index in [-0.39, 0.29) is 18.9 Å². The number of nitrogens with one attached hydrogen (secondary N) is 1. The summed E-state index contributed by atoms with van der Waals surface area (Å²) in [5, 5.41) is 12.0. The molecule has 1 aliphatic rings. The van der Waals surface area contributed by atoms with Crippen molar-refractivity contribution in [1.29, 1.82) is 5.26 Å². The molecule has 0 bridgehead atoms. The van der Waals surface area contributed by atoms with Gasteiger partial charge in [-0.3, -0.25) is 4.79 Å². The average Bonchev–Trinajstić information content (AvgIpc) is 3.23. The molecule has 2 aromatic carbocycles. The molecule has 2 aromatic rings. The minimum absolute atomic E-state index is 0.173. The molecule has 31 heavy (non-hydrogen) atoms. The first-order valence-corrected chi connectivity index (χ1v) is 9.64. The fourth-order valence-electron chi connectivity index (χ4n) is 2.83. The highest BCUT2D eigenvalue weighted by Crippen LogP contribution is 2.32. The quantitative estimate of drug-likeness (QED) is 0.417. The minimum atomic E-state index is -1.06. The third-order valence-electron chi connectivity index (χ3n) is 4.62. The van der Waals surface area contributed by atoms with Crippen LogP contribution in [0.15, 0.2) is 48.0 Å². The average molecular weight is 421 g/mol. The molecular weight excluding hydrogens is 398 g/mol. The van der Waals surface area contributed by atoms with E-state index < -0.39 is 18.0 Å². The first-order chi connectivity index (χ1) is 14.9. The zero-order chi connectivity index (χ0) is 22.4. The van der Waals surface area contributed by atoms with Crippen molar-refractivity contribution in [2.45, 2.75) is 19.6 Å². The number of carbonyl (C=O) groups is 2. The number of fused-ring (bicyclic) bond motifs is 1. The molecule has 1 heterocycles. The van der Waals surface area contributed by atoms with Crippen molar-refractivity contribution in [3.05, 3.63) is 59.2 Å². The van der Waals surface area contributed by atoms with Crippen molar-refractivity contribution in [3.8, 4) is 17.6 Å². The van der Waals surface area contributed by atoms with Crippen LogP contribution in [-0.4, -0.2) is 38.9 Å². The number of amides is 1. The number of rotatable bonds is 7. The number of esters is 1. The molecule has 1 aliphatic heterocycles. The molecule has 160 valence electrons. The van der Waals surface area contributed by atoms with Gasteiger partial charge in [0, 0.05) is 26.3 Å². The summed E-state index contributed by atoms with van der Waals surface area (Å²) in [5.41, 5.74) is 2.30.